The van der Waals surface area contributed by atoms with Crippen LogP contribution in [0.5, 0.6) is 5.75 Å². The Hall–Kier alpha value is -1.39. The van der Waals surface area contributed by atoms with Crippen LogP contribution in [0.15, 0.2) is 46.9 Å². The van der Waals surface area contributed by atoms with E-state index < -0.39 is 0 Å². The van der Waals surface area contributed by atoms with E-state index in [-0.39, 0.29) is 17.6 Å². The quantitative estimate of drug-likeness (QED) is 0.870. The molecule has 0 aliphatic heterocycles. The Morgan fingerprint density at radius 3 is 2.55 bits per heavy atom. The standard InChI is InChI=1S/C16H17BrFNO/c1-11(12-6-8-14(17)9-7-12)19-10-13-4-3-5-15(20-2)16(13)18/h3-9,11,19H,10H2,1-2H3/t11-/m0/s1. The maximum Gasteiger partial charge on any atom is 0.169 e. The predicted octanol–water partition coefficient (Wildman–Crippen LogP) is 4.45. The lowest BCUT2D eigenvalue weighted by molar-refractivity contribution is 0.382. The highest BCUT2D eigenvalue weighted by atomic mass is 79.9. The van der Waals surface area contributed by atoms with Crippen molar-refractivity contribution < 1.29 is 9.13 Å². The van der Waals surface area contributed by atoms with Gasteiger partial charge < -0.3 is 10.1 Å². The van der Waals surface area contributed by atoms with Crippen molar-refractivity contribution in [3.63, 3.8) is 0 Å². The van der Waals surface area contributed by atoms with E-state index in [0.29, 0.717) is 12.1 Å². The lowest BCUT2D eigenvalue weighted by Gasteiger charge is -2.15. The van der Waals surface area contributed by atoms with Gasteiger partial charge in [0.2, 0.25) is 0 Å². The van der Waals surface area contributed by atoms with Crippen LogP contribution in [0, 0.1) is 5.82 Å². The fraction of sp³-hybridized carbons (Fsp3) is 0.250. The minimum Gasteiger partial charge on any atom is -0.494 e. The number of hydrogen-bond acceptors (Lipinski definition) is 2. The van der Waals surface area contributed by atoms with Gasteiger partial charge in [-0.05, 0) is 30.7 Å². The second-order valence-corrected chi connectivity index (χ2v) is 5.50. The van der Waals surface area contributed by atoms with Crippen molar-refractivity contribution in [2.24, 2.45) is 0 Å². The number of halogens is 2. The normalized spacial score (nSPS) is 12.2. The molecule has 2 aromatic carbocycles. The van der Waals surface area contributed by atoms with E-state index in [4.69, 9.17) is 4.74 Å². The van der Waals surface area contributed by atoms with Gasteiger partial charge in [-0.2, -0.15) is 0 Å². The third-order valence-electron chi connectivity index (χ3n) is 3.23. The van der Waals surface area contributed by atoms with E-state index in [1.807, 2.05) is 24.3 Å². The van der Waals surface area contributed by atoms with Crippen LogP contribution in [-0.4, -0.2) is 7.11 Å². The van der Waals surface area contributed by atoms with Gasteiger partial charge in [-0.25, -0.2) is 4.39 Å². The first-order valence-corrected chi connectivity index (χ1v) is 7.21. The SMILES string of the molecule is COc1cccc(CN[C@@H](C)c2ccc(Br)cc2)c1F. The largest absolute Gasteiger partial charge is 0.494 e. The van der Waals surface area contributed by atoms with E-state index >= 15 is 0 Å². The van der Waals surface area contributed by atoms with E-state index in [2.05, 4.69) is 28.2 Å². The Bertz CT molecular complexity index is 571. The highest BCUT2D eigenvalue weighted by Gasteiger charge is 2.10. The molecule has 0 fully saturated rings. The topological polar surface area (TPSA) is 21.3 Å². The summed E-state index contributed by atoms with van der Waals surface area (Å²) in [7, 11) is 1.47. The monoisotopic (exact) mass is 337 g/mol. The average molecular weight is 338 g/mol. The van der Waals surface area contributed by atoms with Gasteiger partial charge in [0.05, 0.1) is 7.11 Å². The molecule has 2 rings (SSSR count). The molecule has 20 heavy (non-hydrogen) atoms. The molecule has 0 saturated heterocycles. The molecule has 2 aromatic rings. The Balaban J connectivity index is 2.03. The molecule has 0 heterocycles. The van der Waals surface area contributed by atoms with Crippen LogP contribution in [0.4, 0.5) is 4.39 Å². The van der Waals surface area contributed by atoms with Crippen molar-refractivity contribution in [2.45, 2.75) is 19.5 Å². The average Bonchev–Trinajstić information content (AvgIpc) is 2.46. The zero-order valence-corrected chi connectivity index (χ0v) is 13.1. The highest BCUT2D eigenvalue weighted by molar-refractivity contribution is 9.10. The second-order valence-electron chi connectivity index (χ2n) is 4.59. The summed E-state index contributed by atoms with van der Waals surface area (Å²) >= 11 is 3.41. The fourth-order valence-electron chi connectivity index (χ4n) is 1.98. The Kier molecular flexibility index (Phi) is 5.15. The van der Waals surface area contributed by atoms with E-state index in [1.54, 1.807) is 18.2 Å². The molecular formula is C16H17BrFNO. The van der Waals surface area contributed by atoms with Crippen LogP contribution in [-0.2, 0) is 6.54 Å². The van der Waals surface area contributed by atoms with Gasteiger partial charge in [-0.1, -0.05) is 40.2 Å². The zero-order valence-electron chi connectivity index (χ0n) is 11.5. The summed E-state index contributed by atoms with van der Waals surface area (Å²) in [6.45, 7) is 2.52. The molecule has 106 valence electrons. The van der Waals surface area contributed by atoms with Gasteiger partial charge in [-0.15, -0.1) is 0 Å². The molecule has 0 unspecified atom stereocenters. The lowest BCUT2D eigenvalue weighted by atomic mass is 10.1. The molecule has 0 spiro atoms. The van der Waals surface area contributed by atoms with Crippen molar-refractivity contribution in [3.05, 3.63) is 63.9 Å². The van der Waals surface area contributed by atoms with Crippen LogP contribution in [0.25, 0.3) is 0 Å². The number of nitrogens with one attached hydrogen (secondary N) is 1. The van der Waals surface area contributed by atoms with Crippen molar-refractivity contribution >= 4 is 15.9 Å². The number of ether oxygens (including phenoxy) is 1. The van der Waals surface area contributed by atoms with E-state index in [1.165, 1.54) is 7.11 Å². The van der Waals surface area contributed by atoms with Gasteiger partial charge in [0.1, 0.15) is 0 Å². The Morgan fingerprint density at radius 2 is 1.90 bits per heavy atom. The number of benzene rings is 2. The summed E-state index contributed by atoms with van der Waals surface area (Å²) < 4.78 is 20.0. The molecule has 2 nitrogen and oxygen atoms in total. The number of hydrogen-bond donors (Lipinski definition) is 1. The van der Waals surface area contributed by atoms with Crippen LogP contribution < -0.4 is 10.1 Å². The third kappa shape index (κ3) is 3.58. The maximum absolute atomic E-state index is 14.0. The van der Waals surface area contributed by atoms with Crippen LogP contribution in [0.2, 0.25) is 0 Å². The Labute approximate surface area is 127 Å². The summed E-state index contributed by atoms with van der Waals surface area (Å²) in [6, 6.07) is 13.4. The molecular weight excluding hydrogens is 321 g/mol. The molecule has 0 aromatic heterocycles. The van der Waals surface area contributed by atoms with Crippen molar-refractivity contribution in [1.29, 1.82) is 0 Å². The van der Waals surface area contributed by atoms with E-state index in [0.717, 1.165) is 10.0 Å². The summed E-state index contributed by atoms with van der Waals surface area (Å²) in [5, 5.41) is 3.32. The van der Waals surface area contributed by atoms with Crippen LogP contribution >= 0.6 is 15.9 Å². The zero-order chi connectivity index (χ0) is 14.5. The van der Waals surface area contributed by atoms with Crippen LogP contribution in [0.3, 0.4) is 0 Å². The smallest absolute Gasteiger partial charge is 0.169 e. The van der Waals surface area contributed by atoms with Crippen molar-refractivity contribution in [1.82, 2.24) is 5.32 Å². The minimum absolute atomic E-state index is 0.147. The summed E-state index contributed by atoms with van der Waals surface area (Å²) in [5.74, 6) is -0.0221. The van der Waals surface area contributed by atoms with Crippen molar-refractivity contribution in [2.75, 3.05) is 7.11 Å². The van der Waals surface area contributed by atoms with Gasteiger partial charge in [0, 0.05) is 22.6 Å². The lowest BCUT2D eigenvalue weighted by Crippen LogP contribution is -2.18. The molecule has 0 radical (unpaired) electrons. The molecule has 1 atom stereocenters. The molecule has 0 aliphatic carbocycles. The molecule has 0 amide bonds. The predicted molar refractivity (Wildman–Crippen MR) is 82.3 cm³/mol. The van der Waals surface area contributed by atoms with E-state index in [9.17, 15) is 4.39 Å². The third-order valence-corrected chi connectivity index (χ3v) is 3.76. The fourth-order valence-corrected chi connectivity index (χ4v) is 2.25. The first-order chi connectivity index (χ1) is 9.61. The first-order valence-electron chi connectivity index (χ1n) is 6.42. The maximum atomic E-state index is 14.0. The minimum atomic E-state index is -0.300. The van der Waals surface area contributed by atoms with Crippen molar-refractivity contribution in [3.8, 4) is 5.75 Å². The summed E-state index contributed by atoms with van der Waals surface area (Å²) in [5.41, 5.74) is 1.77. The molecule has 0 aliphatic rings. The summed E-state index contributed by atoms with van der Waals surface area (Å²) in [4.78, 5) is 0. The molecule has 4 heteroatoms. The summed E-state index contributed by atoms with van der Waals surface area (Å²) in [6.07, 6.45) is 0. The second kappa shape index (κ2) is 6.86. The molecule has 0 bridgehead atoms. The van der Waals surface area contributed by atoms with Gasteiger partial charge in [0.15, 0.2) is 11.6 Å². The van der Waals surface area contributed by atoms with Gasteiger partial charge in [0.25, 0.3) is 0 Å². The van der Waals surface area contributed by atoms with Gasteiger partial charge in [-0.3, -0.25) is 0 Å². The first kappa shape index (κ1) is 15.0. The highest BCUT2D eigenvalue weighted by Crippen LogP contribution is 2.21. The van der Waals surface area contributed by atoms with Crippen LogP contribution in [0.1, 0.15) is 24.1 Å². The number of rotatable bonds is 5. The number of methoxy groups -OCH3 is 1. The van der Waals surface area contributed by atoms with Gasteiger partial charge >= 0.3 is 0 Å². The molecule has 0 saturated carbocycles. The Morgan fingerprint density at radius 1 is 1.20 bits per heavy atom. The molecule has 1 N–H and O–H groups in total.